The lowest BCUT2D eigenvalue weighted by Crippen LogP contribution is -2.00. The van der Waals surface area contributed by atoms with Crippen molar-refractivity contribution in [2.24, 2.45) is 0 Å². The summed E-state index contributed by atoms with van der Waals surface area (Å²) >= 11 is 0. The van der Waals surface area contributed by atoms with Crippen molar-refractivity contribution in [1.29, 1.82) is 0 Å². The maximum absolute atomic E-state index is 5.12. The molecule has 0 aliphatic rings. The van der Waals surface area contributed by atoms with Gasteiger partial charge in [0, 0.05) is 33.7 Å². The van der Waals surface area contributed by atoms with Crippen molar-refractivity contribution >= 4 is 38.2 Å². The van der Waals surface area contributed by atoms with Gasteiger partial charge in [0.2, 0.25) is 0 Å². The minimum Gasteiger partial charge on any atom is -0.299 e. The lowest BCUT2D eigenvalue weighted by molar-refractivity contribution is 1.07. The molecule has 10 rings (SSSR count). The van der Waals surface area contributed by atoms with E-state index in [0.717, 1.165) is 49.9 Å². The van der Waals surface area contributed by atoms with Gasteiger partial charge >= 0.3 is 0 Å². The predicted molar refractivity (Wildman–Crippen MR) is 208 cm³/mol. The van der Waals surface area contributed by atoms with Gasteiger partial charge in [0.15, 0.2) is 17.5 Å². The van der Waals surface area contributed by atoms with Gasteiger partial charge in [-0.2, -0.15) is 0 Å². The van der Waals surface area contributed by atoms with Gasteiger partial charge in [0.25, 0.3) is 0 Å². The summed E-state index contributed by atoms with van der Waals surface area (Å²) in [6, 6.07) is 59.0. The molecule has 0 aliphatic heterocycles. The van der Waals surface area contributed by atoms with Crippen LogP contribution >= 0.6 is 0 Å². The first-order chi connectivity index (χ1) is 25.3. The van der Waals surface area contributed by atoms with Crippen LogP contribution < -0.4 is 0 Å². The van der Waals surface area contributed by atoms with Crippen LogP contribution in [-0.4, -0.2) is 24.3 Å². The Kier molecular flexibility index (Phi) is 6.74. The van der Waals surface area contributed by atoms with Gasteiger partial charge in [0.05, 0.1) is 11.0 Å². The second-order valence-electron chi connectivity index (χ2n) is 12.7. The van der Waals surface area contributed by atoms with Crippen LogP contribution in [0.4, 0.5) is 0 Å². The van der Waals surface area contributed by atoms with Crippen LogP contribution in [0.15, 0.2) is 176 Å². The molecule has 0 N–H and O–H groups in total. The molecule has 0 fully saturated rings. The van der Waals surface area contributed by atoms with Crippen molar-refractivity contribution in [3.05, 3.63) is 176 Å². The van der Waals surface area contributed by atoms with Crippen molar-refractivity contribution < 1.29 is 0 Å². The second kappa shape index (κ2) is 11.9. The molecule has 0 saturated heterocycles. The maximum Gasteiger partial charge on any atom is 0.164 e. The van der Waals surface area contributed by atoms with E-state index in [1.807, 2.05) is 66.7 Å². The summed E-state index contributed by atoms with van der Waals surface area (Å²) in [6.07, 6.45) is 2.10. The molecule has 7 aromatic carbocycles. The lowest BCUT2D eigenvalue weighted by Gasteiger charge is -2.12. The Hall–Kier alpha value is -6.98. The van der Waals surface area contributed by atoms with Crippen molar-refractivity contribution in [2.45, 2.75) is 0 Å². The van der Waals surface area contributed by atoms with E-state index in [1.165, 1.54) is 27.3 Å². The topological polar surface area (TPSA) is 56.0 Å². The van der Waals surface area contributed by atoms with Gasteiger partial charge in [-0.3, -0.25) is 4.40 Å². The summed E-state index contributed by atoms with van der Waals surface area (Å²) < 4.78 is 2.21. The van der Waals surface area contributed by atoms with E-state index < -0.39 is 0 Å². The molecule has 238 valence electrons. The molecule has 5 nitrogen and oxygen atoms in total. The number of aromatic nitrogens is 5. The van der Waals surface area contributed by atoms with Gasteiger partial charge in [-0.05, 0) is 63.4 Å². The van der Waals surface area contributed by atoms with E-state index >= 15 is 0 Å². The summed E-state index contributed by atoms with van der Waals surface area (Å²) in [5.74, 6) is 1.93. The Morgan fingerprint density at radius 3 is 1.47 bits per heavy atom. The summed E-state index contributed by atoms with van der Waals surface area (Å²) in [6.45, 7) is 0. The Morgan fingerprint density at radius 2 is 0.804 bits per heavy atom. The molecule has 10 aromatic rings. The largest absolute Gasteiger partial charge is 0.299 e. The van der Waals surface area contributed by atoms with Crippen LogP contribution in [0.5, 0.6) is 0 Å². The standard InChI is InChI=1S/C46H29N5/c1-4-13-30(14-5-1)34-22-24-37-39(28-34)40-29-35(23-25-38(40)43-42(37)47-41-21-10-11-26-51(41)43)33-19-12-20-36(27-33)46-49-44(31-15-6-2-7-16-31)48-45(50-46)32-17-8-3-9-18-32/h1-29H. The van der Waals surface area contributed by atoms with Crippen molar-refractivity contribution in [2.75, 3.05) is 0 Å². The third-order valence-corrected chi connectivity index (χ3v) is 9.63. The van der Waals surface area contributed by atoms with Crippen molar-refractivity contribution in [3.63, 3.8) is 0 Å². The van der Waals surface area contributed by atoms with Crippen molar-refractivity contribution in [3.8, 4) is 56.4 Å². The van der Waals surface area contributed by atoms with Gasteiger partial charge in [-0.25, -0.2) is 19.9 Å². The fourth-order valence-corrected chi connectivity index (χ4v) is 7.15. The fraction of sp³-hybridized carbons (Fsp3) is 0. The highest BCUT2D eigenvalue weighted by Gasteiger charge is 2.17. The zero-order valence-corrected chi connectivity index (χ0v) is 27.5. The van der Waals surface area contributed by atoms with Gasteiger partial charge in [0.1, 0.15) is 5.65 Å². The molecule has 3 heterocycles. The van der Waals surface area contributed by atoms with Crippen LogP contribution in [-0.2, 0) is 0 Å². The number of rotatable bonds is 5. The first-order valence-electron chi connectivity index (χ1n) is 17.1. The van der Waals surface area contributed by atoms with E-state index in [2.05, 4.69) is 114 Å². The molecule has 0 saturated carbocycles. The highest BCUT2D eigenvalue weighted by molar-refractivity contribution is 6.25. The SMILES string of the molecule is c1ccc(-c2ccc3c(c2)c2cc(-c4cccc(-c5nc(-c6ccccc6)nc(-c6ccccc6)n5)c4)ccc2c2c3nc3ccccn32)cc1. The minimum absolute atomic E-state index is 0.635. The summed E-state index contributed by atoms with van der Waals surface area (Å²) in [4.78, 5) is 20.0. The zero-order valence-electron chi connectivity index (χ0n) is 27.5. The van der Waals surface area contributed by atoms with Gasteiger partial charge < -0.3 is 0 Å². The average molecular weight is 652 g/mol. The smallest absolute Gasteiger partial charge is 0.164 e. The molecule has 0 spiro atoms. The number of benzene rings is 7. The normalized spacial score (nSPS) is 11.5. The van der Waals surface area contributed by atoms with E-state index in [9.17, 15) is 0 Å². The average Bonchev–Trinajstić information content (AvgIpc) is 3.61. The molecule has 0 radical (unpaired) electrons. The Balaban J connectivity index is 1.17. The highest BCUT2D eigenvalue weighted by atomic mass is 15.0. The van der Waals surface area contributed by atoms with Crippen LogP contribution in [0.3, 0.4) is 0 Å². The Bertz CT molecular complexity index is 2840. The molecular formula is C46H29N5. The number of nitrogens with zero attached hydrogens (tertiary/aromatic N) is 5. The lowest BCUT2D eigenvalue weighted by atomic mass is 9.93. The van der Waals surface area contributed by atoms with E-state index in [-0.39, 0.29) is 0 Å². The summed E-state index contributed by atoms with van der Waals surface area (Å²) in [7, 11) is 0. The van der Waals surface area contributed by atoms with Crippen LogP contribution in [0.1, 0.15) is 0 Å². The molecule has 51 heavy (non-hydrogen) atoms. The number of imidazole rings is 1. The Morgan fingerprint density at radius 1 is 0.314 bits per heavy atom. The molecular weight excluding hydrogens is 623 g/mol. The fourth-order valence-electron chi connectivity index (χ4n) is 7.15. The first-order valence-corrected chi connectivity index (χ1v) is 17.1. The maximum atomic E-state index is 5.12. The molecule has 0 amide bonds. The molecule has 5 heteroatoms. The first kappa shape index (κ1) is 29.0. The minimum atomic E-state index is 0.635. The molecule has 0 atom stereocenters. The number of fused-ring (bicyclic) bond motifs is 8. The van der Waals surface area contributed by atoms with Crippen LogP contribution in [0, 0.1) is 0 Å². The number of hydrogen-bond acceptors (Lipinski definition) is 4. The van der Waals surface area contributed by atoms with Gasteiger partial charge in [-0.15, -0.1) is 0 Å². The third-order valence-electron chi connectivity index (χ3n) is 9.63. The van der Waals surface area contributed by atoms with Gasteiger partial charge in [-0.1, -0.05) is 140 Å². The zero-order chi connectivity index (χ0) is 33.7. The van der Waals surface area contributed by atoms with Crippen LogP contribution in [0.2, 0.25) is 0 Å². The van der Waals surface area contributed by atoms with E-state index in [1.54, 1.807) is 0 Å². The molecule has 0 bridgehead atoms. The van der Waals surface area contributed by atoms with Crippen LogP contribution in [0.25, 0.3) is 94.6 Å². The highest BCUT2D eigenvalue weighted by Crippen LogP contribution is 2.39. The summed E-state index contributed by atoms with van der Waals surface area (Å²) in [5, 5.41) is 4.66. The second-order valence-corrected chi connectivity index (χ2v) is 12.7. The van der Waals surface area contributed by atoms with E-state index in [4.69, 9.17) is 19.9 Å². The molecule has 0 aliphatic carbocycles. The van der Waals surface area contributed by atoms with E-state index in [0.29, 0.717) is 17.5 Å². The molecule has 0 unspecified atom stereocenters. The number of pyridine rings is 1. The third kappa shape index (κ3) is 5.03. The Labute approximate surface area is 294 Å². The molecule has 3 aromatic heterocycles. The number of hydrogen-bond donors (Lipinski definition) is 0. The summed E-state index contributed by atoms with van der Waals surface area (Å²) in [5.41, 5.74) is 10.5. The quantitative estimate of drug-likeness (QED) is 0.174. The van der Waals surface area contributed by atoms with Crippen molar-refractivity contribution in [1.82, 2.24) is 24.3 Å². The predicted octanol–water partition coefficient (Wildman–Crippen LogP) is 11.3. The monoisotopic (exact) mass is 651 g/mol.